The Morgan fingerprint density at radius 3 is 1.10 bits per heavy atom. The molecular weight excluding hydrogens is 1440 g/mol. The van der Waals surface area contributed by atoms with E-state index in [1.807, 2.05) is 78.1 Å². The molecule has 114 heavy (non-hydrogen) atoms. The molecule has 1 amide bonds. The van der Waals surface area contributed by atoms with E-state index in [4.69, 9.17) is 53.0 Å². The van der Waals surface area contributed by atoms with Gasteiger partial charge in [-0.2, -0.15) is 0 Å². The summed E-state index contributed by atoms with van der Waals surface area (Å²) in [5.74, 6) is 5.62. The molecule has 3 saturated heterocycles. The highest BCUT2D eigenvalue weighted by molar-refractivity contribution is 6.33. The summed E-state index contributed by atoms with van der Waals surface area (Å²) in [6.07, 6.45) is 18.0. The summed E-state index contributed by atoms with van der Waals surface area (Å²) in [6.45, 7) is 17.9. The van der Waals surface area contributed by atoms with Gasteiger partial charge < -0.3 is 26.2 Å². The van der Waals surface area contributed by atoms with Crippen LogP contribution in [0.15, 0.2) is 219 Å². The fraction of sp³-hybridized carbons (Fsp3) is 0.304. The van der Waals surface area contributed by atoms with Gasteiger partial charge in [-0.1, -0.05) is 164 Å². The molecule has 574 valence electrons. The Bertz CT molecular complexity index is 6030. The van der Waals surface area contributed by atoms with Crippen molar-refractivity contribution in [1.29, 1.82) is 0 Å². The van der Waals surface area contributed by atoms with Crippen molar-refractivity contribution in [3.63, 3.8) is 0 Å². The van der Waals surface area contributed by atoms with E-state index in [0.717, 1.165) is 232 Å². The van der Waals surface area contributed by atoms with Crippen molar-refractivity contribution in [3.8, 4) is 67.5 Å². The van der Waals surface area contributed by atoms with Crippen LogP contribution in [0.1, 0.15) is 87.6 Å². The smallest absolute Gasteiger partial charge is 0.219 e. The number of nitrogens with two attached hydrogens (primary N) is 2. The number of rotatable bonds is 13. The lowest BCUT2D eigenvalue weighted by Gasteiger charge is -2.46. The molecule has 3 aliphatic carbocycles. The van der Waals surface area contributed by atoms with Crippen LogP contribution in [0.2, 0.25) is 5.15 Å². The van der Waals surface area contributed by atoms with E-state index in [1.165, 1.54) is 26.2 Å². The zero-order valence-corrected chi connectivity index (χ0v) is 65.4. The molecule has 3 aliphatic heterocycles. The van der Waals surface area contributed by atoms with E-state index in [2.05, 4.69) is 194 Å². The van der Waals surface area contributed by atoms with E-state index < -0.39 is 0 Å². The van der Waals surface area contributed by atoms with E-state index in [0.29, 0.717) is 52.7 Å². The predicted octanol–water partition coefficient (Wildman–Crippen LogP) is 15.4. The number of anilines is 2. The zero-order valence-electron chi connectivity index (χ0n) is 64.7. The fourth-order valence-electron chi connectivity index (χ4n) is 18.1. The number of pyridine rings is 3. The first-order valence-electron chi connectivity index (χ1n) is 40.4. The Kier molecular flexibility index (Phi) is 19.9. The molecule has 21 rings (SSSR count). The highest BCUT2D eigenvalue weighted by Crippen LogP contribution is 2.46. The fourth-order valence-corrected chi connectivity index (χ4v) is 18.3. The summed E-state index contributed by atoms with van der Waals surface area (Å²) in [5.41, 5.74) is 30.1. The van der Waals surface area contributed by atoms with Crippen LogP contribution in [0.4, 0.5) is 11.6 Å². The molecule has 6 aromatic carbocycles. The lowest BCUT2D eigenvalue weighted by Crippen LogP contribution is -2.54. The first-order chi connectivity index (χ1) is 55.9. The van der Waals surface area contributed by atoms with Crippen molar-refractivity contribution in [1.82, 2.24) is 87.5 Å². The normalized spacial score (nSPS) is 20.5. The molecule has 0 spiro atoms. The van der Waals surface area contributed by atoms with Crippen LogP contribution < -0.4 is 11.5 Å². The number of nitrogens with zero attached hydrogens (tertiary/aromatic N) is 18. The molecule has 0 atom stereocenters. The van der Waals surface area contributed by atoms with Gasteiger partial charge in [-0.3, -0.25) is 32.7 Å². The second kappa shape index (κ2) is 31.2. The number of piperazine rings is 3. The summed E-state index contributed by atoms with van der Waals surface area (Å²) < 4.78 is 6.46. The number of imidazole rings is 3. The minimum absolute atomic E-state index is 0.170. The molecule has 0 radical (unpaired) electrons. The molecule has 0 bridgehead atoms. The van der Waals surface area contributed by atoms with Gasteiger partial charge in [0.15, 0.2) is 5.15 Å². The lowest BCUT2D eigenvalue weighted by molar-refractivity contribution is -0.131. The Hall–Kier alpha value is -11.4. The first kappa shape index (κ1) is 72.8. The average Bonchev–Trinajstić information content (AvgIpc) is 1.59. The number of benzene rings is 6. The van der Waals surface area contributed by atoms with Crippen LogP contribution >= 0.6 is 11.6 Å². The Morgan fingerprint density at radius 1 is 0.395 bits per heavy atom. The number of amides is 1. The monoisotopic (exact) mass is 1530 g/mol. The van der Waals surface area contributed by atoms with Crippen LogP contribution in [0.5, 0.6) is 0 Å². The van der Waals surface area contributed by atoms with Crippen LogP contribution in [-0.4, -0.2) is 204 Å². The standard InChI is InChI=1S/C31H29ClN6O.C31H33N7.C30H31N7/c1-20(39)36-13-15-37(16-14-36)25-17-24(18-25)31-35-28(29-30(32)33-11-12-38(29)31)23-8-7-22-9-10-26(34-27(22)19-23)21-5-3-2-4-6-21;1-2-36-14-16-37(17-15-36)25-18-24(19-25)31-35-28(29-30(32)33-12-13-38(29)31)23-9-8-22-10-11-26(34-27(22)20-23)21-6-4-3-5-7-21;1-35-13-15-36(16-14-35)24-17-23(18-24)30-34-27(28-29(31)32-11-12-37(28)30)22-8-7-21-9-10-25(33-26(21)19-22)20-5-3-2-4-6-20/h2-12,19,24-25H,13-18H2,1H3;3-13,20,24-25H,2,14-19H2,1H3,(H2,32,33);2-12,19,23-24H,13-18H2,1H3,(H2,31,32). The van der Waals surface area contributed by atoms with Crippen LogP contribution in [0, 0.1) is 0 Å². The molecule has 0 unspecified atom stereocenters. The van der Waals surface area contributed by atoms with Crippen molar-refractivity contribution in [3.05, 3.63) is 242 Å². The number of fused-ring (bicyclic) bond motifs is 6. The second-order valence-electron chi connectivity index (χ2n) is 31.7. The van der Waals surface area contributed by atoms with E-state index in [-0.39, 0.29) is 5.91 Å². The Labute approximate surface area is 668 Å². The van der Waals surface area contributed by atoms with Crippen LogP contribution in [-0.2, 0) is 4.79 Å². The van der Waals surface area contributed by atoms with Crippen LogP contribution in [0.25, 0.3) is 117 Å². The number of hydrogen-bond acceptors (Lipinski definition) is 17. The van der Waals surface area contributed by atoms with Gasteiger partial charge in [0.05, 0.1) is 39.3 Å². The maximum absolute atomic E-state index is 11.7. The van der Waals surface area contributed by atoms with Crippen molar-refractivity contribution in [2.45, 2.75) is 88.3 Å². The molecule has 22 heteroatoms. The molecule has 6 aliphatic rings. The van der Waals surface area contributed by atoms with Crippen molar-refractivity contribution >= 4 is 78.4 Å². The predicted molar refractivity (Wildman–Crippen MR) is 455 cm³/mol. The second-order valence-corrected chi connectivity index (χ2v) is 32.0. The van der Waals surface area contributed by atoms with Gasteiger partial charge in [0, 0.05) is 208 Å². The van der Waals surface area contributed by atoms with E-state index >= 15 is 0 Å². The molecular formula is C92H93ClN20O. The van der Waals surface area contributed by atoms with Gasteiger partial charge in [0.1, 0.15) is 57.0 Å². The molecule has 4 N–H and O–H groups in total. The van der Waals surface area contributed by atoms with Gasteiger partial charge in [-0.25, -0.2) is 44.9 Å². The largest absolute Gasteiger partial charge is 0.382 e. The average molecular weight is 1530 g/mol. The van der Waals surface area contributed by atoms with Gasteiger partial charge in [0.2, 0.25) is 5.91 Å². The number of likely N-dealkylation sites (N-methyl/N-ethyl adjacent to an activating group) is 2. The molecule has 3 saturated carbocycles. The Morgan fingerprint density at radius 2 is 0.728 bits per heavy atom. The van der Waals surface area contributed by atoms with Gasteiger partial charge in [-0.15, -0.1) is 0 Å². The lowest BCUT2D eigenvalue weighted by atomic mass is 9.78. The quantitative estimate of drug-likeness (QED) is 0.110. The van der Waals surface area contributed by atoms with Crippen molar-refractivity contribution in [2.24, 2.45) is 0 Å². The maximum atomic E-state index is 11.7. The van der Waals surface area contributed by atoms with E-state index in [1.54, 1.807) is 25.5 Å². The van der Waals surface area contributed by atoms with Gasteiger partial charge >= 0.3 is 0 Å². The highest BCUT2D eigenvalue weighted by Gasteiger charge is 2.42. The summed E-state index contributed by atoms with van der Waals surface area (Å²) in [4.78, 5) is 70.2. The third-order valence-electron chi connectivity index (χ3n) is 25.0. The summed E-state index contributed by atoms with van der Waals surface area (Å²) in [5, 5.41) is 3.74. The molecule has 15 aromatic rings. The number of nitrogen functional groups attached to an aromatic ring is 2. The topological polar surface area (TPSA) is 218 Å². The zero-order chi connectivity index (χ0) is 77.1. The molecule has 9 aromatic heterocycles. The number of carbonyl (C=O) groups excluding carboxylic acids is 1. The maximum Gasteiger partial charge on any atom is 0.219 e. The number of aromatic nitrogens is 12. The molecule has 12 heterocycles. The minimum Gasteiger partial charge on any atom is -0.382 e. The summed E-state index contributed by atoms with van der Waals surface area (Å²) >= 11 is 6.68. The third-order valence-corrected chi connectivity index (χ3v) is 25.3. The molecule has 6 fully saturated rings. The van der Waals surface area contributed by atoms with Crippen LogP contribution in [0.3, 0.4) is 0 Å². The number of carbonyl (C=O) groups is 1. The SMILES string of the molecule is CC(=O)N1CCN(C2CC(c3nc(-c4ccc5ccc(-c6ccccc6)nc5c4)c4c(Cl)nccn34)C2)CC1.CCN1CCN(C2CC(c3nc(-c4ccc5ccc(-c6ccccc6)nc5c4)c4c(N)nccn34)C2)CC1.CN1CCN(C2CC(c3nc(-c4ccc5ccc(-c6ccccc6)nc5c4)c4c(N)nccn34)C2)CC1. The van der Waals surface area contributed by atoms with Gasteiger partial charge in [0.25, 0.3) is 0 Å². The molecule has 21 nitrogen and oxygen atoms in total. The first-order valence-corrected chi connectivity index (χ1v) is 40.8. The van der Waals surface area contributed by atoms with Crippen molar-refractivity contribution < 1.29 is 4.79 Å². The van der Waals surface area contributed by atoms with Gasteiger partial charge in [-0.05, 0) is 88.5 Å². The highest BCUT2D eigenvalue weighted by atomic mass is 35.5. The Balaban J connectivity index is 0.000000115. The minimum atomic E-state index is 0.170. The summed E-state index contributed by atoms with van der Waals surface area (Å²) in [6, 6.07) is 64.3. The third kappa shape index (κ3) is 14.2. The van der Waals surface area contributed by atoms with Crippen molar-refractivity contribution in [2.75, 3.05) is 104 Å². The summed E-state index contributed by atoms with van der Waals surface area (Å²) in [7, 11) is 2.21. The van der Waals surface area contributed by atoms with E-state index in [9.17, 15) is 4.79 Å². The number of halogens is 1. The number of hydrogen-bond donors (Lipinski definition) is 2.